The van der Waals surface area contributed by atoms with E-state index in [2.05, 4.69) is 52.8 Å². The predicted octanol–water partition coefficient (Wildman–Crippen LogP) is 7.30. The number of aromatic nitrogens is 1. The van der Waals surface area contributed by atoms with Gasteiger partial charge >= 0.3 is 6.16 Å². The fourth-order valence-corrected chi connectivity index (χ4v) is 4.93. The quantitative estimate of drug-likeness (QED) is 0.270. The van der Waals surface area contributed by atoms with Gasteiger partial charge in [-0.15, -0.1) is 0 Å². The van der Waals surface area contributed by atoms with Gasteiger partial charge in [0.15, 0.2) is 10.9 Å². The van der Waals surface area contributed by atoms with Crippen LogP contribution in [0, 0.1) is 5.92 Å². The first-order valence-electron chi connectivity index (χ1n) is 10.8. The van der Waals surface area contributed by atoms with E-state index in [0.717, 1.165) is 45.9 Å². The van der Waals surface area contributed by atoms with Crippen molar-refractivity contribution >= 4 is 44.3 Å². The molecule has 0 unspecified atom stereocenters. The van der Waals surface area contributed by atoms with Gasteiger partial charge in [0.2, 0.25) is 0 Å². The highest BCUT2D eigenvalue weighted by atomic mass is 32.1. The van der Waals surface area contributed by atoms with Crippen molar-refractivity contribution in [3.8, 4) is 11.1 Å². The zero-order valence-electron chi connectivity index (χ0n) is 17.9. The van der Waals surface area contributed by atoms with E-state index in [0.29, 0.717) is 5.78 Å². The number of hydrogen-bond acceptors (Lipinski definition) is 5. The van der Waals surface area contributed by atoms with Crippen molar-refractivity contribution in [3.63, 3.8) is 0 Å². The Hall–Kier alpha value is -3.71. The van der Waals surface area contributed by atoms with Crippen molar-refractivity contribution in [2.24, 2.45) is 5.92 Å². The van der Waals surface area contributed by atoms with Crippen LogP contribution in [0.25, 0.3) is 21.3 Å². The number of carbonyl (C=O) groups excluding carboxylic acids is 1. The molecule has 0 amide bonds. The number of anilines is 2. The second kappa shape index (κ2) is 10.3. The van der Waals surface area contributed by atoms with Crippen LogP contribution in [-0.4, -0.2) is 27.1 Å². The minimum atomic E-state index is -1.83. The number of ketones is 1. The lowest BCUT2D eigenvalue weighted by atomic mass is 9.94. The van der Waals surface area contributed by atoms with E-state index in [1.807, 2.05) is 30.3 Å². The summed E-state index contributed by atoms with van der Waals surface area (Å²) < 4.78 is 1.18. The van der Waals surface area contributed by atoms with Crippen LogP contribution in [0.4, 0.5) is 15.6 Å². The summed E-state index contributed by atoms with van der Waals surface area (Å²) in [6.45, 7) is 0. The number of hydrogen-bond donors (Lipinski definition) is 3. The summed E-state index contributed by atoms with van der Waals surface area (Å²) in [5.41, 5.74) is 5.14. The summed E-state index contributed by atoms with van der Waals surface area (Å²) in [5, 5.41) is 18.2. The average molecular weight is 461 g/mol. The van der Waals surface area contributed by atoms with E-state index in [-0.39, 0.29) is 5.92 Å². The van der Waals surface area contributed by atoms with Gasteiger partial charge in [0, 0.05) is 17.2 Å². The molecule has 1 aliphatic rings. The SMILES string of the molecule is O=C(O)O.O=C(c1ccc(-c2ccc(Nc3nc4ccccc4s3)cc2)cc1)C1CCCC1. The lowest BCUT2D eigenvalue weighted by Crippen LogP contribution is -2.10. The molecule has 7 heteroatoms. The number of thiazole rings is 1. The lowest BCUT2D eigenvalue weighted by molar-refractivity contribution is 0.0922. The Morgan fingerprint density at radius 3 is 2.03 bits per heavy atom. The highest BCUT2D eigenvalue weighted by molar-refractivity contribution is 7.22. The topological polar surface area (TPSA) is 99.5 Å². The molecule has 0 aliphatic heterocycles. The van der Waals surface area contributed by atoms with Crippen LogP contribution in [0.5, 0.6) is 0 Å². The predicted molar refractivity (Wildman–Crippen MR) is 132 cm³/mol. The van der Waals surface area contributed by atoms with Crippen molar-refractivity contribution < 1.29 is 19.8 Å². The maximum Gasteiger partial charge on any atom is 0.503 e. The summed E-state index contributed by atoms with van der Waals surface area (Å²) in [4.78, 5) is 25.7. The summed E-state index contributed by atoms with van der Waals surface area (Å²) in [7, 11) is 0. The summed E-state index contributed by atoms with van der Waals surface area (Å²) in [5.74, 6) is 0.540. The molecule has 5 rings (SSSR count). The largest absolute Gasteiger partial charge is 0.503 e. The zero-order valence-corrected chi connectivity index (χ0v) is 18.7. The van der Waals surface area contributed by atoms with E-state index in [9.17, 15) is 4.79 Å². The molecule has 1 saturated carbocycles. The second-order valence-electron chi connectivity index (χ2n) is 7.89. The summed E-state index contributed by atoms with van der Waals surface area (Å²) in [6.07, 6.45) is 2.63. The fraction of sp³-hybridized carbons (Fsp3) is 0.192. The monoisotopic (exact) mass is 460 g/mol. The van der Waals surface area contributed by atoms with Gasteiger partial charge in [-0.2, -0.15) is 0 Å². The molecule has 4 aromatic rings. The third-order valence-electron chi connectivity index (χ3n) is 5.66. The van der Waals surface area contributed by atoms with Crippen LogP contribution in [0.1, 0.15) is 36.0 Å². The first kappa shape index (κ1) is 22.5. The van der Waals surface area contributed by atoms with Gasteiger partial charge in [0.25, 0.3) is 0 Å². The normalized spacial score (nSPS) is 13.3. The van der Waals surface area contributed by atoms with Crippen LogP contribution in [0.15, 0.2) is 72.8 Å². The molecule has 6 nitrogen and oxygen atoms in total. The number of carboxylic acid groups (broad SMARTS) is 2. The number of rotatable bonds is 5. The number of benzene rings is 3. The van der Waals surface area contributed by atoms with Gasteiger partial charge in [-0.3, -0.25) is 4.79 Å². The van der Waals surface area contributed by atoms with Gasteiger partial charge in [-0.25, -0.2) is 9.78 Å². The Morgan fingerprint density at radius 1 is 0.848 bits per heavy atom. The molecular formula is C26H24N2O4S. The molecule has 168 valence electrons. The molecule has 1 heterocycles. The molecule has 33 heavy (non-hydrogen) atoms. The van der Waals surface area contributed by atoms with Crippen LogP contribution in [0.2, 0.25) is 0 Å². The van der Waals surface area contributed by atoms with E-state index in [1.54, 1.807) is 11.3 Å². The summed E-state index contributed by atoms with van der Waals surface area (Å²) in [6, 6.07) is 24.6. The molecule has 0 saturated heterocycles. The lowest BCUT2D eigenvalue weighted by Gasteiger charge is -2.09. The molecule has 0 atom stereocenters. The molecular weight excluding hydrogens is 436 g/mol. The van der Waals surface area contributed by atoms with Gasteiger partial charge < -0.3 is 15.5 Å². The van der Waals surface area contributed by atoms with Crippen LogP contribution in [0.3, 0.4) is 0 Å². The Labute approximate surface area is 195 Å². The Bertz CT molecular complexity index is 1210. The Morgan fingerprint density at radius 2 is 1.42 bits per heavy atom. The number of nitrogens with zero attached hydrogens (tertiary/aromatic N) is 1. The van der Waals surface area contributed by atoms with Crippen molar-refractivity contribution in [1.82, 2.24) is 4.98 Å². The molecule has 0 radical (unpaired) electrons. The third kappa shape index (κ3) is 5.75. The van der Waals surface area contributed by atoms with Crippen molar-refractivity contribution in [2.45, 2.75) is 25.7 Å². The number of Topliss-reactive ketones (excluding diaryl/α,β-unsaturated/α-hetero) is 1. The Balaban J connectivity index is 0.000000601. The molecule has 1 aliphatic carbocycles. The smallest absolute Gasteiger partial charge is 0.450 e. The standard InChI is InChI=1S/C25H22N2OS.CH2O3/c28-24(19-5-1-2-6-19)20-11-9-17(10-12-20)18-13-15-21(16-14-18)26-25-27-22-7-3-4-8-23(22)29-25;2-1(3)4/h3-4,7-16,19H,1-2,5-6H2,(H,26,27);(H2,2,3,4). The molecule has 1 aromatic heterocycles. The van der Waals surface area contributed by atoms with E-state index >= 15 is 0 Å². The maximum atomic E-state index is 12.6. The average Bonchev–Trinajstić information content (AvgIpc) is 3.49. The molecule has 0 spiro atoms. The van der Waals surface area contributed by atoms with E-state index in [4.69, 9.17) is 15.0 Å². The second-order valence-corrected chi connectivity index (χ2v) is 8.93. The molecule has 0 bridgehead atoms. The van der Waals surface area contributed by atoms with Gasteiger partial charge in [0.1, 0.15) is 0 Å². The first-order valence-corrected chi connectivity index (χ1v) is 11.6. The van der Waals surface area contributed by atoms with Crippen molar-refractivity contribution in [3.05, 3.63) is 78.4 Å². The fourth-order valence-electron chi connectivity index (χ4n) is 4.05. The molecule has 3 N–H and O–H groups in total. The maximum absolute atomic E-state index is 12.6. The van der Waals surface area contributed by atoms with Crippen LogP contribution < -0.4 is 5.32 Å². The first-order chi connectivity index (χ1) is 16.0. The van der Waals surface area contributed by atoms with E-state index < -0.39 is 6.16 Å². The number of para-hydroxylation sites is 1. The number of carbonyl (C=O) groups is 2. The van der Waals surface area contributed by atoms with Crippen molar-refractivity contribution in [2.75, 3.05) is 5.32 Å². The summed E-state index contributed by atoms with van der Waals surface area (Å²) >= 11 is 1.65. The van der Waals surface area contributed by atoms with Crippen LogP contribution in [-0.2, 0) is 0 Å². The highest BCUT2D eigenvalue weighted by Gasteiger charge is 2.23. The van der Waals surface area contributed by atoms with E-state index in [1.165, 1.54) is 17.5 Å². The molecule has 3 aromatic carbocycles. The van der Waals surface area contributed by atoms with Gasteiger partial charge in [-0.1, -0.05) is 72.7 Å². The highest BCUT2D eigenvalue weighted by Crippen LogP contribution is 2.31. The third-order valence-corrected chi connectivity index (χ3v) is 6.61. The number of nitrogens with one attached hydrogen (secondary N) is 1. The zero-order chi connectivity index (χ0) is 23.2. The van der Waals surface area contributed by atoms with Crippen molar-refractivity contribution in [1.29, 1.82) is 0 Å². The van der Waals surface area contributed by atoms with Gasteiger partial charge in [-0.05, 0) is 48.2 Å². The minimum absolute atomic E-state index is 0.230. The van der Waals surface area contributed by atoms with Gasteiger partial charge in [0.05, 0.1) is 10.2 Å². The van der Waals surface area contributed by atoms with Crippen LogP contribution >= 0.6 is 11.3 Å². The minimum Gasteiger partial charge on any atom is -0.450 e. The number of fused-ring (bicyclic) bond motifs is 1. The molecule has 1 fully saturated rings. The Kier molecular flexibility index (Phi) is 7.00.